The summed E-state index contributed by atoms with van der Waals surface area (Å²) >= 11 is 5.94. The number of aromatic nitrogens is 4. The highest BCUT2D eigenvalue weighted by molar-refractivity contribution is 6.31. The zero-order chi connectivity index (χ0) is 16.0. The largest absolute Gasteiger partial charge is 0.382 e. The Bertz CT molecular complexity index is 917. The number of halogens is 1. The average molecular weight is 329 g/mol. The van der Waals surface area contributed by atoms with Crippen LogP contribution in [0.25, 0.3) is 16.9 Å². The number of hydrogen-bond donors (Lipinski definition) is 2. The van der Waals surface area contributed by atoms with Gasteiger partial charge in [-0.25, -0.2) is 9.97 Å². The molecule has 0 spiro atoms. The quantitative estimate of drug-likeness (QED) is 0.764. The molecule has 3 heterocycles. The number of nitrogens with two attached hydrogens (primary N) is 1. The Hall–Kier alpha value is -2.67. The molecule has 0 bridgehead atoms. The molecule has 0 atom stereocenters. The van der Waals surface area contributed by atoms with E-state index < -0.39 is 5.91 Å². The van der Waals surface area contributed by atoms with Gasteiger partial charge in [0.2, 0.25) is 0 Å². The van der Waals surface area contributed by atoms with Crippen molar-refractivity contribution in [3.8, 4) is 5.82 Å². The summed E-state index contributed by atoms with van der Waals surface area (Å²) < 4.78 is 1.61. The van der Waals surface area contributed by atoms with Gasteiger partial charge in [0.25, 0.3) is 5.91 Å². The number of fused-ring (bicyclic) bond motifs is 1. The molecule has 116 valence electrons. The molecule has 0 aromatic carbocycles. The molecule has 1 saturated carbocycles. The van der Waals surface area contributed by atoms with Crippen LogP contribution in [0.1, 0.15) is 23.2 Å². The molecule has 23 heavy (non-hydrogen) atoms. The minimum absolute atomic E-state index is 0.369. The van der Waals surface area contributed by atoms with Crippen molar-refractivity contribution in [2.75, 3.05) is 5.32 Å². The molecule has 1 aliphatic rings. The van der Waals surface area contributed by atoms with Crippen molar-refractivity contribution in [3.63, 3.8) is 0 Å². The highest BCUT2D eigenvalue weighted by Gasteiger charge is 2.23. The summed E-state index contributed by atoms with van der Waals surface area (Å²) in [6.45, 7) is 0. The third-order valence-electron chi connectivity index (χ3n) is 3.68. The third-order valence-corrected chi connectivity index (χ3v) is 3.89. The molecule has 1 fully saturated rings. The molecule has 3 aromatic rings. The summed E-state index contributed by atoms with van der Waals surface area (Å²) in [5.74, 6) is 0.0467. The zero-order valence-corrected chi connectivity index (χ0v) is 12.8. The van der Waals surface area contributed by atoms with Crippen LogP contribution in [0.2, 0.25) is 5.02 Å². The lowest BCUT2D eigenvalue weighted by Crippen LogP contribution is -2.16. The van der Waals surface area contributed by atoms with Gasteiger partial charge in [0, 0.05) is 29.9 Å². The number of primary amides is 1. The fourth-order valence-electron chi connectivity index (χ4n) is 2.39. The number of rotatable bonds is 4. The second-order valence-corrected chi connectivity index (χ2v) is 5.93. The maximum atomic E-state index is 11.6. The first-order chi connectivity index (χ1) is 11.1. The van der Waals surface area contributed by atoms with E-state index in [0.717, 1.165) is 18.2 Å². The smallest absolute Gasteiger partial charge is 0.252 e. The molecule has 0 unspecified atom stereocenters. The molecule has 4 rings (SSSR count). The number of anilines is 1. The Morgan fingerprint density at radius 3 is 2.83 bits per heavy atom. The first-order valence-electron chi connectivity index (χ1n) is 7.18. The first-order valence-corrected chi connectivity index (χ1v) is 7.55. The maximum absolute atomic E-state index is 11.6. The van der Waals surface area contributed by atoms with Crippen LogP contribution in [0.3, 0.4) is 0 Å². The highest BCUT2D eigenvalue weighted by atomic mass is 35.5. The van der Waals surface area contributed by atoms with Crippen molar-refractivity contribution in [2.45, 2.75) is 18.9 Å². The van der Waals surface area contributed by atoms with Crippen molar-refractivity contribution < 1.29 is 4.79 Å². The summed E-state index contributed by atoms with van der Waals surface area (Å²) in [6, 6.07) is 3.94. The average Bonchev–Trinajstić information content (AvgIpc) is 3.24. The lowest BCUT2D eigenvalue weighted by atomic mass is 10.2. The van der Waals surface area contributed by atoms with Gasteiger partial charge in [-0.2, -0.15) is 9.78 Å². The number of hydrogen-bond acceptors (Lipinski definition) is 5. The number of nitrogens with one attached hydrogen (secondary N) is 1. The lowest BCUT2D eigenvalue weighted by Gasteiger charge is -2.11. The SMILES string of the molecule is NC(=O)c1cnc(-n2ncc3cc(Cl)cnc32)cc1NC1CC1. The van der Waals surface area contributed by atoms with E-state index in [1.165, 1.54) is 6.20 Å². The van der Waals surface area contributed by atoms with Gasteiger partial charge in [-0.15, -0.1) is 0 Å². The van der Waals surface area contributed by atoms with Crippen LogP contribution in [-0.2, 0) is 0 Å². The fourth-order valence-corrected chi connectivity index (χ4v) is 2.55. The van der Waals surface area contributed by atoms with Crippen LogP contribution in [0.4, 0.5) is 5.69 Å². The molecular weight excluding hydrogens is 316 g/mol. The first kappa shape index (κ1) is 14.0. The molecule has 7 nitrogen and oxygen atoms in total. The Kier molecular flexibility index (Phi) is 3.16. The number of pyridine rings is 2. The van der Waals surface area contributed by atoms with Gasteiger partial charge in [-0.3, -0.25) is 4.79 Å². The summed E-state index contributed by atoms with van der Waals surface area (Å²) in [7, 11) is 0. The van der Waals surface area contributed by atoms with Crippen molar-refractivity contribution >= 4 is 34.2 Å². The Labute approximate surface area is 136 Å². The van der Waals surface area contributed by atoms with E-state index in [1.54, 1.807) is 29.2 Å². The molecule has 0 radical (unpaired) electrons. The number of nitrogens with zero attached hydrogens (tertiary/aromatic N) is 4. The standard InChI is InChI=1S/C15H13ClN6O/c16-9-3-8-5-20-22(15(8)19-6-9)13-4-12(21-10-1-2-10)11(7-18-13)14(17)23/h3-7,10H,1-2H2,(H2,17,23)(H,18,21). The number of amides is 1. The van der Waals surface area contributed by atoms with E-state index in [1.807, 2.05) is 0 Å². The van der Waals surface area contributed by atoms with E-state index in [9.17, 15) is 4.79 Å². The minimum atomic E-state index is -0.512. The monoisotopic (exact) mass is 328 g/mol. The highest BCUT2D eigenvalue weighted by Crippen LogP contribution is 2.28. The summed E-state index contributed by atoms with van der Waals surface area (Å²) in [5.41, 5.74) is 7.10. The van der Waals surface area contributed by atoms with Gasteiger partial charge in [-0.1, -0.05) is 11.6 Å². The molecular formula is C15H13ClN6O. The van der Waals surface area contributed by atoms with E-state index in [-0.39, 0.29) is 0 Å². The number of carbonyl (C=O) groups is 1. The molecule has 3 N–H and O–H groups in total. The van der Waals surface area contributed by atoms with Gasteiger partial charge in [0.15, 0.2) is 11.5 Å². The summed E-state index contributed by atoms with van der Waals surface area (Å²) in [6.07, 6.45) is 6.86. The van der Waals surface area contributed by atoms with Gasteiger partial charge >= 0.3 is 0 Å². The van der Waals surface area contributed by atoms with E-state index in [2.05, 4.69) is 20.4 Å². The maximum Gasteiger partial charge on any atom is 0.252 e. The zero-order valence-electron chi connectivity index (χ0n) is 12.0. The van der Waals surface area contributed by atoms with E-state index in [0.29, 0.717) is 33.8 Å². The van der Waals surface area contributed by atoms with E-state index >= 15 is 0 Å². The second kappa shape index (κ2) is 5.20. The number of carbonyl (C=O) groups excluding carboxylic acids is 1. The van der Waals surface area contributed by atoms with Crippen molar-refractivity contribution in [3.05, 3.63) is 41.3 Å². The molecule has 8 heteroatoms. The molecule has 0 aliphatic heterocycles. The summed E-state index contributed by atoms with van der Waals surface area (Å²) in [5, 5.41) is 8.97. The second-order valence-electron chi connectivity index (χ2n) is 5.49. The summed E-state index contributed by atoms with van der Waals surface area (Å²) in [4.78, 5) is 20.1. The van der Waals surface area contributed by atoms with Crippen molar-refractivity contribution in [2.24, 2.45) is 5.73 Å². The van der Waals surface area contributed by atoms with Gasteiger partial charge < -0.3 is 11.1 Å². The molecule has 1 aliphatic carbocycles. The predicted octanol–water partition coefficient (Wildman–Crippen LogP) is 2.14. The van der Waals surface area contributed by atoms with E-state index in [4.69, 9.17) is 17.3 Å². The van der Waals surface area contributed by atoms with Crippen LogP contribution in [0.5, 0.6) is 0 Å². The fraction of sp³-hybridized carbons (Fsp3) is 0.200. The van der Waals surface area contributed by atoms with Crippen molar-refractivity contribution in [1.82, 2.24) is 19.7 Å². The lowest BCUT2D eigenvalue weighted by molar-refractivity contribution is 0.100. The van der Waals surface area contributed by atoms with Crippen LogP contribution >= 0.6 is 11.6 Å². The molecule has 0 saturated heterocycles. The predicted molar refractivity (Wildman–Crippen MR) is 86.8 cm³/mol. The Morgan fingerprint density at radius 2 is 2.09 bits per heavy atom. The van der Waals surface area contributed by atoms with Crippen LogP contribution < -0.4 is 11.1 Å². The minimum Gasteiger partial charge on any atom is -0.382 e. The van der Waals surface area contributed by atoms with Crippen LogP contribution in [0.15, 0.2) is 30.7 Å². The van der Waals surface area contributed by atoms with Crippen molar-refractivity contribution in [1.29, 1.82) is 0 Å². The molecule has 3 aromatic heterocycles. The Balaban J connectivity index is 1.82. The van der Waals surface area contributed by atoms with Gasteiger partial charge in [0.1, 0.15) is 0 Å². The van der Waals surface area contributed by atoms with Crippen LogP contribution in [-0.4, -0.2) is 31.7 Å². The van der Waals surface area contributed by atoms with Gasteiger partial charge in [0.05, 0.1) is 22.5 Å². The van der Waals surface area contributed by atoms with Gasteiger partial charge in [-0.05, 0) is 18.9 Å². The topological polar surface area (TPSA) is 98.7 Å². The molecule has 1 amide bonds. The third kappa shape index (κ3) is 2.59. The Morgan fingerprint density at radius 1 is 1.26 bits per heavy atom. The van der Waals surface area contributed by atoms with Crippen LogP contribution in [0, 0.1) is 0 Å². The normalized spacial score (nSPS) is 14.1.